The number of thioether (sulfide) groups is 2. The van der Waals surface area contributed by atoms with E-state index < -0.39 is 5.91 Å². The molecule has 0 aliphatic carbocycles. The normalized spacial score (nSPS) is 17.1. The molecule has 0 radical (unpaired) electrons. The molecule has 0 saturated carbocycles. The fourth-order valence-corrected chi connectivity index (χ4v) is 4.83. The summed E-state index contributed by atoms with van der Waals surface area (Å²) in [7, 11) is 3.24. The third-order valence-corrected chi connectivity index (χ3v) is 6.89. The molecule has 2 aliphatic rings. The lowest BCUT2D eigenvalue weighted by atomic mass is 10.1. The first-order chi connectivity index (χ1) is 14.9. The van der Waals surface area contributed by atoms with Gasteiger partial charge in [-0.15, -0.1) is 16.9 Å². The van der Waals surface area contributed by atoms with E-state index in [1.165, 1.54) is 28.5 Å². The van der Waals surface area contributed by atoms with Crippen LogP contribution in [0.4, 0.5) is 0 Å². The monoisotopic (exact) mass is 455 g/mol. The van der Waals surface area contributed by atoms with Crippen molar-refractivity contribution in [1.82, 2.24) is 9.58 Å². The first kappa shape index (κ1) is 21.3. The van der Waals surface area contributed by atoms with Gasteiger partial charge in [0.1, 0.15) is 11.5 Å². The molecular formula is C21H21N5O3S2. The van der Waals surface area contributed by atoms with Crippen LogP contribution in [0.15, 0.2) is 39.9 Å². The number of hydrazone groups is 1. The van der Waals surface area contributed by atoms with E-state index in [0.717, 1.165) is 27.0 Å². The number of nitrogens with one attached hydrogen (secondary N) is 1. The van der Waals surface area contributed by atoms with Gasteiger partial charge in [0.2, 0.25) is 5.17 Å². The molecule has 0 fully saturated rings. The first-order valence-electron chi connectivity index (χ1n) is 9.33. The Balaban J connectivity index is 1.79. The second-order valence-electron chi connectivity index (χ2n) is 6.79. The summed E-state index contributed by atoms with van der Waals surface area (Å²) in [5.41, 5.74) is 3.70. The van der Waals surface area contributed by atoms with Gasteiger partial charge in [0, 0.05) is 17.5 Å². The number of aromatic nitrogens is 1. The van der Waals surface area contributed by atoms with Crippen LogP contribution in [-0.2, 0) is 4.79 Å². The number of nitrogens with zero attached hydrogens (tertiary/aromatic N) is 4. The van der Waals surface area contributed by atoms with Crippen LogP contribution < -0.4 is 9.47 Å². The highest BCUT2D eigenvalue weighted by Crippen LogP contribution is 2.34. The van der Waals surface area contributed by atoms with Crippen molar-refractivity contribution in [2.24, 2.45) is 10.1 Å². The number of methoxy groups -OCH3 is 2. The molecule has 31 heavy (non-hydrogen) atoms. The fraction of sp³-hybridized carbons (Fsp3) is 0.238. The second-order valence-corrected chi connectivity index (χ2v) is 8.80. The smallest absolute Gasteiger partial charge is 0.283 e. The summed E-state index contributed by atoms with van der Waals surface area (Å²) in [4.78, 5) is 16.8. The van der Waals surface area contributed by atoms with Crippen molar-refractivity contribution >= 4 is 50.9 Å². The number of hydrogen-bond acceptors (Lipinski definition) is 7. The van der Waals surface area contributed by atoms with Crippen molar-refractivity contribution in [2.45, 2.75) is 13.8 Å². The van der Waals surface area contributed by atoms with Gasteiger partial charge < -0.3 is 14.0 Å². The van der Waals surface area contributed by atoms with Crippen LogP contribution in [0.5, 0.6) is 11.5 Å². The Morgan fingerprint density at radius 3 is 2.65 bits per heavy atom. The van der Waals surface area contributed by atoms with Gasteiger partial charge in [-0.05, 0) is 61.7 Å². The molecule has 1 aromatic heterocycles. The number of aliphatic imine (C=N–C) groups is 1. The van der Waals surface area contributed by atoms with Gasteiger partial charge in [-0.1, -0.05) is 0 Å². The molecule has 8 nitrogen and oxygen atoms in total. The predicted octanol–water partition coefficient (Wildman–Crippen LogP) is 4.05. The van der Waals surface area contributed by atoms with Gasteiger partial charge in [0.25, 0.3) is 5.91 Å². The zero-order valence-corrected chi connectivity index (χ0v) is 19.3. The number of aryl methyl sites for hydroxylation is 1. The van der Waals surface area contributed by atoms with Crippen LogP contribution in [0.1, 0.15) is 17.0 Å². The standard InChI is InChI=1S/C21H21N5O3S2/c1-11-8-13(12(2)25(11)16-10-14(28-3)6-7-17(16)29-4)9-15-18(22)26-20(23-19(15)27)31-21(24-26)30-5/h6-10,22H,1-5H3. The number of amides is 1. The van der Waals surface area contributed by atoms with Gasteiger partial charge >= 0.3 is 0 Å². The number of fused-ring (bicyclic) bond motifs is 1. The van der Waals surface area contributed by atoms with E-state index in [9.17, 15) is 4.79 Å². The summed E-state index contributed by atoms with van der Waals surface area (Å²) >= 11 is 2.75. The quantitative estimate of drug-likeness (QED) is 0.699. The zero-order chi connectivity index (χ0) is 22.3. The van der Waals surface area contributed by atoms with Crippen LogP contribution in [-0.4, -0.2) is 51.3 Å². The molecule has 0 atom stereocenters. The number of carbonyl (C=O) groups is 1. The maximum atomic E-state index is 12.7. The van der Waals surface area contributed by atoms with Gasteiger partial charge in [-0.3, -0.25) is 10.2 Å². The van der Waals surface area contributed by atoms with Crippen LogP contribution in [0, 0.1) is 19.3 Å². The summed E-state index contributed by atoms with van der Waals surface area (Å²) in [6, 6.07) is 7.57. The highest BCUT2D eigenvalue weighted by Gasteiger charge is 2.35. The second kappa shape index (κ2) is 8.27. The Kier molecular flexibility index (Phi) is 5.67. The lowest BCUT2D eigenvalue weighted by Gasteiger charge is -2.20. The average Bonchev–Trinajstić information content (AvgIpc) is 3.30. The maximum Gasteiger partial charge on any atom is 0.283 e. The van der Waals surface area contributed by atoms with Crippen molar-refractivity contribution in [3.63, 3.8) is 0 Å². The molecule has 0 spiro atoms. The van der Waals surface area contributed by atoms with E-state index in [1.807, 2.05) is 48.9 Å². The summed E-state index contributed by atoms with van der Waals surface area (Å²) in [5.74, 6) is 0.995. The lowest BCUT2D eigenvalue weighted by Crippen LogP contribution is -2.35. The highest BCUT2D eigenvalue weighted by molar-refractivity contribution is 8.45. The van der Waals surface area contributed by atoms with Gasteiger partial charge in [0.05, 0.1) is 25.5 Å². The molecule has 160 valence electrons. The Hall–Kier alpha value is -2.98. The third-order valence-electron chi connectivity index (χ3n) is 5.01. The molecule has 3 heterocycles. The summed E-state index contributed by atoms with van der Waals surface area (Å²) in [6.45, 7) is 3.93. The average molecular weight is 456 g/mol. The topological polar surface area (TPSA) is 92.3 Å². The van der Waals surface area contributed by atoms with E-state index in [1.54, 1.807) is 20.3 Å². The molecule has 1 N–H and O–H groups in total. The van der Waals surface area contributed by atoms with Crippen LogP contribution in [0.25, 0.3) is 11.8 Å². The number of carbonyl (C=O) groups excluding carboxylic acids is 1. The molecule has 2 aromatic rings. The molecule has 0 bridgehead atoms. The van der Waals surface area contributed by atoms with E-state index in [-0.39, 0.29) is 11.4 Å². The molecule has 1 amide bonds. The van der Waals surface area contributed by atoms with Crippen molar-refractivity contribution in [2.75, 3.05) is 20.5 Å². The Labute approximate surface area is 188 Å². The molecular weight excluding hydrogens is 434 g/mol. The van der Waals surface area contributed by atoms with Crippen molar-refractivity contribution in [3.8, 4) is 17.2 Å². The minimum atomic E-state index is -0.440. The van der Waals surface area contributed by atoms with Crippen molar-refractivity contribution < 1.29 is 14.3 Å². The Morgan fingerprint density at radius 1 is 1.19 bits per heavy atom. The first-order valence-corrected chi connectivity index (χ1v) is 11.4. The zero-order valence-electron chi connectivity index (χ0n) is 17.7. The maximum absolute atomic E-state index is 12.7. The van der Waals surface area contributed by atoms with E-state index >= 15 is 0 Å². The number of ether oxygens (including phenoxy) is 2. The molecule has 0 unspecified atom stereocenters. The third kappa shape index (κ3) is 3.66. The number of rotatable bonds is 4. The van der Waals surface area contributed by atoms with Crippen molar-refractivity contribution in [3.05, 3.63) is 46.8 Å². The molecule has 4 rings (SSSR count). The molecule has 0 saturated heterocycles. The van der Waals surface area contributed by atoms with Crippen LogP contribution in [0.3, 0.4) is 0 Å². The van der Waals surface area contributed by atoms with Gasteiger partial charge in [0.15, 0.2) is 10.2 Å². The van der Waals surface area contributed by atoms with Crippen molar-refractivity contribution in [1.29, 1.82) is 5.41 Å². The summed E-state index contributed by atoms with van der Waals surface area (Å²) in [6.07, 6.45) is 3.60. The molecule has 10 heteroatoms. The van der Waals surface area contributed by atoms with E-state index in [4.69, 9.17) is 14.9 Å². The minimum Gasteiger partial charge on any atom is -0.497 e. The molecule has 1 aromatic carbocycles. The highest BCUT2D eigenvalue weighted by atomic mass is 32.2. The fourth-order valence-electron chi connectivity index (χ4n) is 3.49. The SMILES string of the molecule is COc1ccc(OC)c(-n2c(C)cc(C=C3C(=N)N4N=C(SC)SC4=NC3=O)c2C)c1. The van der Waals surface area contributed by atoms with E-state index in [0.29, 0.717) is 16.7 Å². The summed E-state index contributed by atoms with van der Waals surface area (Å²) in [5, 5.41) is 14.7. The van der Waals surface area contributed by atoms with Crippen LogP contribution in [0.2, 0.25) is 0 Å². The predicted molar refractivity (Wildman–Crippen MR) is 127 cm³/mol. The number of benzene rings is 1. The van der Waals surface area contributed by atoms with Crippen LogP contribution >= 0.6 is 23.5 Å². The lowest BCUT2D eigenvalue weighted by molar-refractivity contribution is -0.114. The number of hydrogen-bond donors (Lipinski definition) is 1. The van der Waals surface area contributed by atoms with Gasteiger partial charge in [-0.2, -0.15) is 10.0 Å². The van der Waals surface area contributed by atoms with E-state index in [2.05, 4.69) is 10.1 Å². The van der Waals surface area contributed by atoms with Gasteiger partial charge in [-0.25, -0.2) is 0 Å². The minimum absolute atomic E-state index is 0.0234. The summed E-state index contributed by atoms with van der Waals surface area (Å²) < 4.78 is 13.7. The molecule has 2 aliphatic heterocycles. The largest absolute Gasteiger partial charge is 0.497 e. The Bertz CT molecular complexity index is 1200. The number of amidine groups is 2. The Morgan fingerprint density at radius 2 is 1.97 bits per heavy atom.